The van der Waals surface area contributed by atoms with Crippen molar-refractivity contribution in [3.05, 3.63) is 45.8 Å². The Kier molecular flexibility index (Phi) is 4.33. The van der Waals surface area contributed by atoms with E-state index in [4.69, 9.17) is 0 Å². The number of ether oxygens (including phenoxy) is 1. The molecule has 6 heteroatoms. The maximum atomic E-state index is 13.2. The Balaban J connectivity index is 2.77. The number of carbonyl (C=O) groups excluding carboxylic acids is 1. The van der Waals surface area contributed by atoms with Crippen molar-refractivity contribution in [1.29, 1.82) is 0 Å². The smallest absolute Gasteiger partial charge is 0.309 e. The maximum Gasteiger partial charge on any atom is 0.309 e. The van der Waals surface area contributed by atoms with Crippen molar-refractivity contribution < 1.29 is 18.8 Å². The van der Waals surface area contributed by atoms with E-state index in [0.717, 1.165) is 12.1 Å². The summed E-state index contributed by atoms with van der Waals surface area (Å²) in [4.78, 5) is 20.3. The largest absolute Gasteiger partial charge is 0.469 e. The van der Waals surface area contributed by atoms with Crippen molar-refractivity contribution >= 4 is 17.7 Å². The van der Waals surface area contributed by atoms with E-state index in [1.54, 1.807) is 0 Å². The minimum atomic E-state index is -0.907. The van der Waals surface area contributed by atoms with E-state index in [2.05, 4.69) is 4.74 Å². The van der Waals surface area contributed by atoms with Crippen LogP contribution in [0.2, 0.25) is 0 Å². The Hall–Kier alpha value is -2.24. The predicted octanol–water partition coefficient (Wildman–Crippen LogP) is 2.31. The van der Waals surface area contributed by atoms with Gasteiger partial charge in [-0.15, -0.1) is 0 Å². The van der Waals surface area contributed by atoms with Crippen molar-refractivity contribution in [2.75, 3.05) is 7.11 Å². The third-order valence-corrected chi connectivity index (χ3v) is 1.99. The summed E-state index contributed by atoms with van der Waals surface area (Å²) < 4.78 is 17.6. The molecule has 1 aromatic rings. The fourth-order valence-electron chi connectivity index (χ4n) is 1.15. The molecule has 0 N–H and O–H groups in total. The van der Waals surface area contributed by atoms with Gasteiger partial charge in [0.2, 0.25) is 5.82 Å². The summed E-state index contributed by atoms with van der Waals surface area (Å²) in [5.41, 5.74) is -0.132. The second kappa shape index (κ2) is 5.74. The van der Waals surface area contributed by atoms with E-state index < -0.39 is 22.4 Å². The third-order valence-electron chi connectivity index (χ3n) is 1.99. The first-order valence-electron chi connectivity index (χ1n) is 4.72. The van der Waals surface area contributed by atoms with Crippen LogP contribution in [-0.4, -0.2) is 18.0 Å². The number of methoxy groups -OCH3 is 1. The van der Waals surface area contributed by atoms with Gasteiger partial charge in [-0.25, -0.2) is 0 Å². The summed E-state index contributed by atoms with van der Waals surface area (Å²) in [6.07, 6.45) is 3.05. The van der Waals surface area contributed by atoms with Gasteiger partial charge < -0.3 is 4.74 Å². The van der Waals surface area contributed by atoms with Crippen molar-refractivity contribution in [1.82, 2.24) is 0 Å². The minimum Gasteiger partial charge on any atom is -0.469 e. The van der Waals surface area contributed by atoms with Crippen LogP contribution in [0.1, 0.15) is 12.0 Å². The van der Waals surface area contributed by atoms with Gasteiger partial charge in [0.1, 0.15) is 0 Å². The summed E-state index contributed by atoms with van der Waals surface area (Å²) in [7, 11) is 1.27. The summed E-state index contributed by atoms with van der Waals surface area (Å²) >= 11 is 0. The molecule has 90 valence electrons. The number of rotatable bonds is 4. The molecule has 1 aromatic carbocycles. The average Bonchev–Trinajstić information content (AvgIpc) is 2.28. The molecule has 0 aromatic heterocycles. The number of nitro benzene ring substituents is 1. The van der Waals surface area contributed by atoms with E-state index >= 15 is 0 Å². The fraction of sp³-hybridized carbons (Fsp3) is 0.182. The summed E-state index contributed by atoms with van der Waals surface area (Å²) in [6, 6.07) is 3.51. The number of hydrogen-bond donors (Lipinski definition) is 0. The van der Waals surface area contributed by atoms with Gasteiger partial charge in [-0.1, -0.05) is 12.2 Å². The highest BCUT2D eigenvalue weighted by Gasteiger charge is 2.12. The van der Waals surface area contributed by atoms with Crippen LogP contribution in [0.4, 0.5) is 10.1 Å². The lowest BCUT2D eigenvalue weighted by Gasteiger charge is -1.96. The predicted molar refractivity (Wildman–Crippen MR) is 58.7 cm³/mol. The molecule has 0 saturated heterocycles. The normalized spacial score (nSPS) is 10.5. The number of esters is 1. The minimum absolute atomic E-state index is 0.0646. The van der Waals surface area contributed by atoms with Crippen molar-refractivity contribution in [3.63, 3.8) is 0 Å². The monoisotopic (exact) mass is 239 g/mol. The van der Waals surface area contributed by atoms with Crippen LogP contribution in [0.5, 0.6) is 0 Å². The Morgan fingerprint density at radius 2 is 2.29 bits per heavy atom. The van der Waals surface area contributed by atoms with Gasteiger partial charge in [-0.3, -0.25) is 14.9 Å². The van der Waals surface area contributed by atoms with Crippen LogP contribution in [0.15, 0.2) is 24.3 Å². The lowest BCUT2D eigenvalue weighted by Crippen LogP contribution is -1.96. The van der Waals surface area contributed by atoms with Crippen LogP contribution in [-0.2, 0) is 9.53 Å². The summed E-state index contributed by atoms with van der Waals surface area (Å²) in [6.45, 7) is 0. The van der Waals surface area contributed by atoms with Crippen LogP contribution in [0.25, 0.3) is 6.08 Å². The fourth-order valence-corrected chi connectivity index (χ4v) is 1.15. The van der Waals surface area contributed by atoms with Gasteiger partial charge >= 0.3 is 11.7 Å². The standard InChI is InChI=1S/C11H10FNO4/c1-17-11(14)4-2-3-8-5-6-10(13(15)16)9(12)7-8/h2-3,5-7H,4H2,1H3. The maximum absolute atomic E-state index is 13.2. The van der Waals surface area contributed by atoms with E-state index in [1.807, 2.05) is 0 Å². The molecule has 0 fully saturated rings. The van der Waals surface area contributed by atoms with E-state index in [1.165, 1.54) is 25.3 Å². The van der Waals surface area contributed by atoms with Crippen LogP contribution in [0, 0.1) is 15.9 Å². The lowest BCUT2D eigenvalue weighted by molar-refractivity contribution is -0.387. The van der Waals surface area contributed by atoms with Gasteiger partial charge in [0.05, 0.1) is 18.5 Å². The quantitative estimate of drug-likeness (QED) is 0.459. The first kappa shape index (κ1) is 12.8. The second-order valence-electron chi connectivity index (χ2n) is 3.15. The second-order valence-corrected chi connectivity index (χ2v) is 3.15. The van der Waals surface area contributed by atoms with Gasteiger partial charge in [-0.2, -0.15) is 4.39 Å². The highest BCUT2D eigenvalue weighted by Crippen LogP contribution is 2.18. The zero-order valence-electron chi connectivity index (χ0n) is 9.05. The molecule has 0 aliphatic heterocycles. The van der Waals surface area contributed by atoms with E-state index in [-0.39, 0.29) is 6.42 Å². The van der Waals surface area contributed by atoms with Crippen molar-refractivity contribution in [2.45, 2.75) is 6.42 Å². The molecule has 0 amide bonds. The Labute approximate surface area is 96.7 Å². The Bertz CT molecular complexity index is 471. The molecule has 0 saturated carbocycles. The molecule has 0 unspecified atom stereocenters. The molecule has 5 nitrogen and oxygen atoms in total. The van der Waals surface area contributed by atoms with Crippen LogP contribution < -0.4 is 0 Å². The first-order valence-corrected chi connectivity index (χ1v) is 4.72. The number of benzene rings is 1. The zero-order valence-corrected chi connectivity index (χ0v) is 9.05. The molecule has 0 atom stereocenters. The Morgan fingerprint density at radius 1 is 1.59 bits per heavy atom. The number of nitro groups is 1. The van der Waals surface area contributed by atoms with E-state index in [0.29, 0.717) is 5.56 Å². The molecular weight excluding hydrogens is 229 g/mol. The highest BCUT2D eigenvalue weighted by molar-refractivity contribution is 5.72. The van der Waals surface area contributed by atoms with E-state index in [9.17, 15) is 19.3 Å². The third kappa shape index (κ3) is 3.67. The summed E-state index contributed by atoms with van der Waals surface area (Å²) in [5, 5.41) is 10.4. The topological polar surface area (TPSA) is 69.4 Å². The molecule has 0 spiro atoms. The highest BCUT2D eigenvalue weighted by atomic mass is 19.1. The van der Waals surface area contributed by atoms with Gasteiger partial charge in [0, 0.05) is 6.07 Å². The molecule has 0 heterocycles. The molecule has 17 heavy (non-hydrogen) atoms. The zero-order chi connectivity index (χ0) is 12.8. The van der Waals surface area contributed by atoms with Crippen molar-refractivity contribution in [2.24, 2.45) is 0 Å². The molecule has 0 bridgehead atoms. The number of halogens is 1. The number of nitrogens with zero attached hydrogens (tertiary/aromatic N) is 1. The number of carbonyl (C=O) groups is 1. The average molecular weight is 239 g/mol. The molecule has 0 aliphatic carbocycles. The number of hydrogen-bond acceptors (Lipinski definition) is 4. The van der Waals surface area contributed by atoms with Crippen molar-refractivity contribution in [3.8, 4) is 0 Å². The molecule has 1 rings (SSSR count). The van der Waals surface area contributed by atoms with Gasteiger partial charge in [0.15, 0.2) is 0 Å². The SMILES string of the molecule is COC(=O)CC=Cc1ccc([N+](=O)[O-])c(F)c1. The van der Waals surface area contributed by atoms with Gasteiger partial charge in [-0.05, 0) is 17.7 Å². The van der Waals surface area contributed by atoms with Gasteiger partial charge in [0.25, 0.3) is 0 Å². The van der Waals surface area contributed by atoms with Crippen LogP contribution in [0.3, 0.4) is 0 Å². The van der Waals surface area contributed by atoms with Crippen LogP contribution >= 0.6 is 0 Å². The lowest BCUT2D eigenvalue weighted by atomic mass is 10.2. The summed E-state index contributed by atoms with van der Waals surface area (Å²) in [5.74, 6) is -1.32. The molecule has 0 aliphatic rings. The first-order chi connectivity index (χ1) is 8.04. The molecule has 0 radical (unpaired) electrons. The molecular formula is C11H10FNO4. The Morgan fingerprint density at radius 3 is 2.82 bits per heavy atom.